The summed E-state index contributed by atoms with van der Waals surface area (Å²) >= 11 is 0. The number of methoxy groups -OCH3 is 1. The highest BCUT2D eigenvalue weighted by Crippen LogP contribution is 2.38. The van der Waals surface area contributed by atoms with Gasteiger partial charge in [0.15, 0.2) is 0 Å². The molecule has 0 fully saturated rings. The Morgan fingerprint density at radius 2 is 1.21 bits per heavy atom. The van der Waals surface area contributed by atoms with Crippen LogP contribution in [-0.2, 0) is 23.1 Å². The van der Waals surface area contributed by atoms with Gasteiger partial charge in [0.05, 0.1) is 34.4 Å². The number of nitrogens with zero attached hydrogens (tertiary/aromatic N) is 1. The maximum atomic E-state index is 11.9. The number of phosphoric acid groups is 1. The molecule has 2 atom stereocenters. The lowest BCUT2D eigenvalue weighted by Gasteiger charge is -2.28. The highest BCUT2D eigenvalue weighted by atomic mass is 31.2. The first kappa shape index (κ1) is 37.7. The molecule has 228 valence electrons. The molecule has 1 unspecified atom stereocenters. The number of likely N-dealkylation sites (N-methyl/N-ethyl adjacent to an activating group) is 1. The molecule has 0 aromatic heterocycles. The molecule has 0 heterocycles. The van der Waals surface area contributed by atoms with E-state index < -0.39 is 13.9 Å². The lowest BCUT2D eigenvalue weighted by Crippen LogP contribution is -2.37. The van der Waals surface area contributed by atoms with Crippen LogP contribution in [0.1, 0.15) is 116 Å². The maximum absolute atomic E-state index is 11.9. The van der Waals surface area contributed by atoms with Gasteiger partial charge < -0.3 is 27.9 Å². The number of quaternary nitrogens is 1. The molecule has 0 aliphatic heterocycles. The summed E-state index contributed by atoms with van der Waals surface area (Å²) in [5.41, 5.74) is 0. The molecular formula is C30H62NO6P. The van der Waals surface area contributed by atoms with E-state index in [2.05, 4.69) is 19.1 Å². The molecule has 0 radical (unpaired) electrons. The molecule has 38 heavy (non-hydrogen) atoms. The molecule has 0 N–H and O–H groups in total. The van der Waals surface area contributed by atoms with Crippen LogP contribution in [0.15, 0.2) is 12.2 Å². The zero-order chi connectivity index (χ0) is 28.4. The van der Waals surface area contributed by atoms with Crippen molar-refractivity contribution in [2.75, 3.05) is 61.2 Å². The minimum absolute atomic E-state index is 0.0921. The molecule has 0 aromatic rings. The Kier molecular flexibility index (Phi) is 25.5. The summed E-state index contributed by atoms with van der Waals surface area (Å²) in [6, 6.07) is 0. The second kappa shape index (κ2) is 25.7. The Balaban J connectivity index is 3.49. The summed E-state index contributed by atoms with van der Waals surface area (Å²) in [6.07, 6.45) is 26.6. The number of unbranched alkanes of at least 4 members (excludes halogenated alkanes) is 15. The third-order valence-electron chi connectivity index (χ3n) is 6.62. The second-order valence-corrected chi connectivity index (χ2v) is 12.9. The van der Waals surface area contributed by atoms with Crippen molar-refractivity contribution in [3.63, 3.8) is 0 Å². The molecule has 0 amide bonds. The molecule has 0 aliphatic carbocycles. The van der Waals surface area contributed by atoms with Gasteiger partial charge in [0, 0.05) is 13.7 Å². The van der Waals surface area contributed by atoms with Crippen molar-refractivity contribution in [3.05, 3.63) is 12.2 Å². The average Bonchev–Trinajstić information content (AvgIpc) is 2.85. The molecule has 0 bridgehead atoms. The normalized spacial score (nSPS) is 14.8. The molecule has 0 aromatic carbocycles. The summed E-state index contributed by atoms with van der Waals surface area (Å²) in [5.74, 6) is 0. The van der Waals surface area contributed by atoms with E-state index in [0.717, 1.165) is 12.8 Å². The standard InChI is InChI=1S/C30H62NO6P/c1-6-7-8-9-10-11-12-13-14-15-16-17-18-19-20-21-22-23-24-26-35-28-30(34-5)29-37-38(32,33)36-27-25-31(2,3)4/h15-16,30H,6-14,17-29H2,1-5H3/b16-15-/t30-/m1/s1. The van der Waals surface area contributed by atoms with Crippen molar-refractivity contribution in [1.29, 1.82) is 0 Å². The van der Waals surface area contributed by atoms with Crippen molar-refractivity contribution in [2.45, 2.75) is 122 Å². The Bertz CT molecular complexity index is 582. The molecule has 7 nitrogen and oxygen atoms in total. The Labute approximate surface area is 235 Å². The Morgan fingerprint density at radius 1 is 0.711 bits per heavy atom. The van der Waals surface area contributed by atoms with Crippen LogP contribution in [0.5, 0.6) is 0 Å². The van der Waals surface area contributed by atoms with Gasteiger partial charge >= 0.3 is 0 Å². The third-order valence-corrected chi connectivity index (χ3v) is 7.58. The fraction of sp³-hybridized carbons (Fsp3) is 0.933. The van der Waals surface area contributed by atoms with Gasteiger partial charge in [-0.25, -0.2) is 0 Å². The van der Waals surface area contributed by atoms with E-state index in [9.17, 15) is 9.46 Å². The van der Waals surface area contributed by atoms with Crippen LogP contribution in [0, 0.1) is 0 Å². The number of hydrogen-bond donors (Lipinski definition) is 0. The summed E-state index contributed by atoms with van der Waals surface area (Å²) in [5, 5.41) is 0. The fourth-order valence-corrected chi connectivity index (χ4v) is 4.75. The van der Waals surface area contributed by atoms with Crippen LogP contribution >= 0.6 is 7.82 Å². The quantitative estimate of drug-likeness (QED) is 0.0408. The summed E-state index contributed by atoms with van der Waals surface area (Å²) in [6.45, 7) is 3.80. The van der Waals surface area contributed by atoms with Crippen molar-refractivity contribution < 1.29 is 32.5 Å². The van der Waals surface area contributed by atoms with Crippen LogP contribution in [0.4, 0.5) is 0 Å². The zero-order valence-electron chi connectivity index (χ0n) is 25.6. The highest BCUT2D eigenvalue weighted by molar-refractivity contribution is 7.45. The lowest BCUT2D eigenvalue weighted by molar-refractivity contribution is -0.870. The maximum Gasteiger partial charge on any atom is 0.268 e. The molecule has 8 heteroatoms. The molecule has 0 saturated carbocycles. The van der Waals surface area contributed by atoms with Crippen molar-refractivity contribution in [2.24, 2.45) is 0 Å². The fourth-order valence-electron chi connectivity index (χ4n) is 4.02. The molecule has 0 saturated heterocycles. The number of hydrogen-bond acceptors (Lipinski definition) is 6. The van der Waals surface area contributed by atoms with E-state index in [-0.39, 0.29) is 13.2 Å². The van der Waals surface area contributed by atoms with Crippen LogP contribution in [0.3, 0.4) is 0 Å². The number of ether oxygens (including phenoxy) is 2. The molecule has 0 rings (SSSR count). The third kappa shape index (κ3) is 28.7. The minimum atomic E-state index is -4.33. The second-order valence-electron chi connectivity index (χ2n) is 11.5. The van der Waals surface area contributed by atoms with E-state index in [1.807, 2.05) is 21.1 Å². The van der Waals surface area contributed by atoms with Crippen molar-refractivity contribution in [1.82, 2.24) is 0 Å². The number of phosphoric ester groups is 1. The monoisotopic (exact) mass is 563 g/mol. The van der Waals surface area contributed by atoms with Crippen molar-refractivity contribution in [3.8, 4) is 0 Å². The van der Waals surface area contributed by atoms with Crippen LogP contribution in [-0.4, -0.2) is 71.8 Å². The average molecular weight is 564 g/mol. The smallest absolute Gasteiger partial charge is 0.268 e. The van der Waals surface area contributed by atoms with E-state index in [1.54, 1.807) is 0 Å². The number of allylic oxidation sites excluding steroid dienone is 2. The predicted molar refractivity (Wildman–Crippen MR) is 157 cm³/mol. The topological polar surface area (TPSA) is 77.1 Å². The Hall–Kier alpha value is -0.270. The van der Waals surface area contributed by atoms with Crippen molar-refractivity contribution >= 4 is 7.82 Å². The van der Waals surface area contributed by atoms with Gasteiger partial charge in [0.25, 0.3) is 7.82 Å². The minimum Gasteiger partial charge on any atom is -0.756 e. The predicted octanol–water partition coefficient (Wildman–Crippen LogP) is 7.43. The first-order valence-electron chi connectivity index (χ1n) is 15.4. The molecular weight excluding hydrogens is 501 g/mol. The van der Waals surface area contributed by atoms with Gasteiger partial charge in [0.1, 0.15) is 19.3 Å². The highest BCUT2D eigenvalue weighted by Gasteiger charge is 2.16. The van der Waals surface area contributed by atoms with Gasteiger partial charge in [-0.15, -0.1) is 0 Å². The Morgan fingerprint density at radius 3 is 1.71 bits per heavy atom. The first-order chi connectivity index (χ1) is 18.2. The van der Waals surface area contributed by atoms with Crippen LogP contribution < -0.4 is 4.89 Å². The van der Waals surface area contributed by atoms with Gasteiger partial charge in [-0.3, -0.25) is 4.57 Å². The summed E-state index contributed by atoms with van der Waals surface area (Å²) in [7, 11) is 3.11. The van der Waals surface area contributed by atoms with Crippen LogP contribution in [0.2, 0.25) is 0 Å². The number of rotatable bonds is 29. The van der Waals surface area contributed by atoms with Gasteiger partial charge in [0.2, 0.25) is 0 Å². The van der Waals surface area contributed by atoms with E-state index in [0.29, 0.717) is 24.2 Å². The van der Waals surface area contributed by atoms with Crippen LogP contribution in [0.25, 0.3) is 0 Å². The molecule has 0 aliphatic rings. The van der Waals surface area contributed by atoms with E-state index in [4.69, 9.17) is 18.5 Å². The molecule has 0 spiro atoms. The van der Waals surface area contributed by atoms with Gasteiger partial charge in [-0.1, -0.05) is 96.1 Å². The zero-order valence-corrected chi connectivity index (χ0v) is 26.5. The van der Waals surface area contributed by atoms with E-state index in [1.165, 1.54) is 103 Å². The van der Waals surface area contributed by atoms with Gasteiger partial charge in [-0.05, 0) is 32.1 Å². The lowest BCUT2D eigenvalue weighted by atomic mass is 10.1. The largest absolute Gasteiger partial charge is 0.756 e. The van der Waals surface area contributed by atoms with E-state index >= 15 is 0 Å². The van der Waals surface area contributed by atoms with Gasteiger partial charge in [-0.2, -0.15) is 0 Å². The summed E-state index contributed by atoms with van der Waals surface area (Å²) in [4.78, 5) is 11.9. The summed E-state index contributed by atoms with van der Waals surface area (Å²) < 4.78 is 33.3. The first-order valence-corrected chi connectivity index (χ1v) is 16.8. The SMILES string of the molecule is CCCCCCCCCC/C=C\CCCCCCCCCOC[C@H](COP(=O)([O-])OCC[N+](C)(C)C)OC.